The van der Waals surface area contributed by atoms with Gasteiger partial charge in [-0.15, -0.1) is 0 Å². The maximum absolute atomic E-state index is 13.3. The van der Waals surface area contributed by atoms with Crippen LogP contribution in [0.15, 0.2) is 47.4 Å². The number of para-hydroxylation sites is 2. The molecule has 2 aromatic rings. The number of nitrogens with zero attached hydrogens (tertiary/aromatic N) is 3. The zero-order valence-electron chi connectivity index (χ0n) is 19.6. The first-order valence-corrected chi connectivity index (χ1v) is 13.5. The van der Waals surface area contributed by atoms with Gasteiger partial charge in [0.05, 0.1) is 23.7 Å². The molecule has 2 heterocycles. The molecule has 0 bridgehead atoms. The number of anilines is 1. The predicted octanol–water partition coefficient (Wildman–Crippen LogP) is 1.15. The number of amides is 2. The van der Waals surface area contributed by atoms with Gasteiger partial charge in [-0.3, -0.25) is 9.59 Å². The highest BCUT2D eigenvalue weighted by Gasteiger charge is 2.34. The third kappa shape index (κ3) is 4.72. The highest BCUT2D eigenvalue weighted by Crippen LogP contribution is 2.33. The summed E-state index contributed by atoms with van der Waals surface area (Å²) in [5.74, 6) is -0.204. The van der Waals surface area contributed by atoms with Crippen LogP contribution in [0.2, 0.25) is 0 Å². The van der Waals surface area contributed by atoms with Gasteiger partial charge in [0.15, 0.2) is 6.10 Å². The molecule has 0 spiro atoms. The van der Waals surface area contributed by atoms with E-state index in [1.165, 1.54) is 9.87 Å². The molecule has 1 atom stereocenters. The molecule has 2 amide bonds. The van der Waals surface area contributed by atoms with E-state index in [9.17, 15) is 18.0 Å². The van der Waals surface area contributed by atoms with Gasteiger partial charge in [-0.1, -0.05) is 18.2 Å². The molecular weight excluding hydrogens is 468 g/mol. The topological polar surface area (TPSA) is 113 Å². The van der Waals surface area contributed by atoms with Crippen molar-refractivity contribution in [1.82, 2.24) is 9.21 Å². The van der Waals surface area contributed by atoms with Crippen LogP contribution < -0.4 is 15.4 Å². The van der Waals surface area contributed by atoms with Crippen molar-refractivity contribution in [1.29, 1.82) is 0 Å². The first-order chi connectivity index (χ1) is 16.8. The van der Waals surface area contributed by atoms with E-state index in [1.807, 2.05) is 24.3 Å². The molecule has 0 radical (unpaired) electrons. The van der Waals surface area contributed by atoms with Crippen molar-refractivity contribution in [2.45, 2.75) is 36.7 Å². The fourth-order valence-electron chi connectivity index (χ4n) is 5.07. The lowest BCUT2D eigenvalue weighted by Crippen LogP contribution is -2.54. The van der Waals surface area contributed by atoms with Gasteiger partial charge in [-0.05, 0) is 61.1 Å². The van der Waals surface area contributed by atoms with Crippen LogP contribution in [0.5, 0.6) is 5.75 Å². The Hall–Kier alpha value is -3.11. The Morgan fingerprint density at radius 1 is 0.971 bits per heavy atom. The summed E-state index contributed by atoms with van der Waals surface area (Å²) in [4.78, 5) is 28.6. The number of carbonyl (C=O) groups excluding carboxylic acids is 2. The molecule has 2 aromatic carbocycles. The van der Waals surface area contributed by atoms with E-state index in [-0.39, 0.29) is 32.1 Å². The number of primary amides is 1. The molecule has 2 N–H and O–H groups in total. The van der Waals surface area contributed by atoms with Crippen molar-refractivity contribution in [3.63, 3.8) is 0 Å². The van der Waals surface area contributed by atoms with Crippen LogP contribution in [0, 0.1) is 0 Å². The van der Waals surface area contributed by atoms with Crippen molar-refractivity contribution < 1.29 is 22.7 Å². The molecular formula is C25H30N4O5S. The van der Waals surface area contributed by atoms with Crippen molar-refractivity contribution in [2.75, 3.05) is 44.2 Å². The number of aryl methyl sites for hydroxylation is 2. The molecule has 0 saturated carbocycles. The molecule has 0 aromatic heterocycles. The lowest BCUT2D eigenvalue weighted by atomic mass is 9.92. The number of carbonyl (C=O) groups is 2. The molecule has 10 heteroatoms. The number of nitrogens with two attached hydrogens (primary N) is 1. The van der Waals surface area contributed by atoms with Crippen LogP contribution in [0.25, 0.3) is 0 Å². The molecule has 1 saturated heterocycles. The average molecular weight is 499 g/mol. The van der Waals surface area contributed by atoms with Gasteiger partial charge in [0.25, 0.3) is 5.91 Å². The van der Waals surface area contributed by atoms with Gasteiger partial charge >= 0.3 is 0 Å². The van der Waals surface area contributed by atoms with Crippen molar-refractivity contribution in [3.8, 4) is 5.75 Å². The molecule has 0 unspecified atom stereocenters. The fourth-order valence-corrected chi connectivity index (χ4v) is 6.54. The second-order valence-electron chi connectivity index (χ2n) is 9.28. The summed E-state index contributed by atoms with van der Waals surface area (Å²) in [7, 11) is -3.61. The maximum Gasteiger partial charge on any atom is 0.260 e. The second-order valence-corrected chi connectivity index (χ2v) is 11.2. The number of benzene rings is 2. The van der Waals surface area contributed by atoms with Crippen LogP contribution in [0.3, 0.4) is 0 Å². The summed E-state index contributed by atoms with van der Waals surface area (Å²) < 4.78 is 33.7. The lowest BCUT2D eigenvalue weighted by Gasteiger charge is -2.38. The first kappa shape index (κ1) is 23.6. The van der Waals surface area contributed by atoms with E-state index in [4.69, 9.17) is 10.5 Å². The number of piperazine rings is 1. The number of hydrogen-bond donors (Lipinski definition) is 1. The molecule has 35 heavy (non-hydrogen) atoms. The van der Waals surface area contributed by atoms with Crippen molar-refractivity contribution in [2.24, 2.45) is 5.73 Å². The van der Waals surface area contributed by atoms with E-state index >= 15 is 0 Å². The molecule has 186 valence electrons. The molecule has 5 rings (SSSR count). The Bertz CT molecular complexity index is 1240. The minimum atomic E-state index is -3.61. The highest BCUT2D eigenvalue weighted by atomic mass is 32.2. The second kappa shape index (κ2) is 9.50. The summed E-state index contributed by atoms with van der Waals surface area (Å²) in [5, 5.41) is 0. The summed E-state index contributed by atoms with van der Waals surface area (Å²) in [6.45, 7) is 1.36. The summed E-state index contributed by atoms with van der Waals surface area (Å²) in [5.41, 5.74) is 8.56. The third-order valence-corrected chi connectivity index (χ3v) is 8.95. The average Bonchev–Trinajstić information content (AvgIpc) is 2.88. The Morgan fingerprint density at radius 3 is 2.43 bits per heavy atom. The molecule has 1 aliphatic carbocycles. The predicted molar refractivity (Wildman–Crippen MR) is 131 cm³/mol. The summed E-state index contributed by atoms with van der Waals surface area (Å²) in [6, 6.07) is 12.7. The number of sulfonamides is 1. The number of hydrogen-bond acceptors (Lipinski definition) is 6. The standard InChI is InChI=1S/C25H30N4O5S/c26-25(31)23-16-28(21-7-3-4-8-22(21)34-23)17-24(30)27-11-13-29(14-12-27)35(32,33)20-10-9-18-5-1-2-6-19(18)15-20/h3-4,7-10,15,23H,1-2,5-6,11-14,16-17H2,(H2,26,31)/t23-/m1/s1. The minimum absolute atomic E-state index is 0.0573. The first-order valence-electron chi connectivity index (χ1n) is 12.0. The van der Waals surface area contributed by atoms with E-state index < -0.39 is 22.0 Å². The van der Waals surface area contributed by atoms with Crippen LogP contribution in [0.1, 0.15) is 24.0 Å². The number of fused-ring (bicyclic) bond motifs is 2. The summed E-state index contributed by atoms with van der Waals surface area (Å²) >= 11 is 0. The van der Waals surface area contributed by atoms with Gasteiger partial charge in [0.2, 0.25) is 15.9 Å². The Morgan fingerprint density at radius 2 is 1.69 bits per heavy atom. The SMILES string of the molecule is NC(=O)[C@H]1CN(CC(=O)N2CCN(S(=O)(=O)c3ccc4c(c3)CCCC4)CC2)c2ccccc2O1. The lowest BCUT2D eigenvalue weighted by molar-refractivity contribution is -0.131. The highest BCUT2D eigenvalue weighted by molar-refractivity contribution is 7.89. The van der Waals surface area contributed by atoms with E-state index in [2.05, 4.69) is 0 Å². The molecule has 3 aliphatic rings. The van der Waals surface area contributed by atoms with Gasteiger partial charge in [-0.2, -0.15) is 4.31 Å². The monoisotopic (exact) mass is 498 g/mol. The Balaban J connectivity index is 1.23. The Kier molecular flexibility index (Phi) is 6.41. The quantitative estimate of drug-likeness (QED) is 0.662. The molecule has 9 nitrogen and oxygen atoms in total. The molecule has 1 fully saturated rings. The zero-order chi connectivity index (χ0) is 24.6. The van der Waals surface area contributed by atoms with Crippen LogP contribution >= 0.6 is 0 Å². The van der Waals surface area contributed by atoms with E-state index in [0.29, 0.717) is 23.7 Å². The van der Waals surface area contributed by atoms with Gasteiger partial charge in [0, 0.05) is 26.2 Å². The normalized spacial score (nSPS) is 20.5. The van der Waals surface area contributed by atoms with Gasteiger partial charge in [0.1, 0.15) is 5.75 Å². The minimum Gasteiger partial charge on any atom is -0.477 e. The van der Waals surface area contributed by atoms with E-state index in [1.54, 1.807) is 28.0 Å². The number of ether oxygens (including phenoxy) is 1. The smallest absolute Gasteiger partial charge is 0.260 e. The maximum atomic E-state index is 13.3. The van der Waals surface area contributed by atoms with Crippen molar-refractivity contribution in [3.05, 3.63) is 53.6 Å². The zero-order valence-corrected chi connectivity index (χ0v) is 20.4. The number of rotatable bonds is 5. The van der Waals surface area contributed by atoms with Crippen molar-refractivity contribution >= 4 is 27.5 Å². The molecule has 2 aliphatic heterocycles. The third-order valence-electron chi connectivity index (χ3n) is 7.05. The summed E-state index contributed by atoms with van der Waals surface area (Å²) in [6.07, 6.45) is 3.32. The Labute approximate surface area is 205 Å². The van der Waals surface area contributed by atoms with Gasteiger partial charge in [-0.25, -0.2) is 8.42 Å². The van der Waals surface area contributed by atoms with Crippen LogP contribution in [-0.2, 0) is 32.5 Å². The largest absolute Gasteiger partial charge is 0.477 e. The van der Waals surface area contributed by atoms with E-state index in [0.717, 1.165) is 36.9 Å². The fraction of sp³-hybridized carbons (Fsp3) is 0.440. The van der Waals surface area contributed by atoms with Gasteiger partial charge < -0.3 is 20.3 Å². The van der Waals surface area contributed by atoms with Crippen LogP contribution in [-0.4, -0.2) is 74.8 Å². The van der Waals surface area contributed by atoms with Crippen LogP contribution in [0.4, 0.5) is 5.69 Å².